The summed E-state index contributed by atoms with van der Waals surface area (Å²) in [6, 6.07) is 0. The minimum atomic E-state index is 0.0280. The standard InChI is InChI=1S/C13H24I2N2/c14-12(16)7-3-1-5-10(12)9-11-6-2-4-8-13(11,15)17/h10-11H,1-9,16-17H2. The average Bonchev–Trinajstić information content (AvgIpc) is 2.23. The van der Waals surface area contributed by atoms with Gasteiger partial charge >= 0.3 is 0 Å². The van der Waals surface area contributed by atoms with E-state index in [1.807, 2.05) is 0 Å². The van der Waals surface area contributed by atoms with Gasteiger partial charge in [0.2, 0.25) is 0 Å². The van der Waals surface area contributed by atoms with Gasteiger partial charge in [0.1, 0.15) is 0 Å². The molecule has 0 bridgehead atoms. The molecule has 2 aliphatic rings. The van der Waals surface area contributed by atoms with E-state index in [2.05, 4.69) is 45.2 Å². The molecular formula is C13H24I2N2. The molecule has 0 aliphatic heterocycles. The summed E-state index contributed by atoms with van der Waals surface area (Å²) >= 11 is 4.99. The molecule has 17 heavy (non-hydrogen) atoms. The molecule has 0 amide bonds. The summed E-state index contributed by atoms with van der Waals surface area (Å²) in [4.78, 5) is 0. The van der Waals surface area contributed by atoms with Gasteiger partial charge < -0.3 is 11.5 Å². The topological polar surface area (TPSA) is 52.0 Å². The average molecular weight is 462 g/mol. The zero-order chi connectivity index (χ0) is 12.5. The Labute approximate surface area is 132 Å². The van der Waals surface area contributed by atoms with Gasteiger partial charge in [0.05, 0.1) is 7.09 Å². The number of rotatable bonds is 2. The molecule has 0 saturated heterocycles. The molecule has 4 heteroatoms. The Kier molecular flexibility index (Phi) is 5.03. The summed E-state index contributed by atoms with van der Waals surface area (Å²) in [6.07, 6.45) is 11.6. The van der Waals surface area contributed by atoms with Gasteiger partial charge in [-0.3, -0.25) is 0 Å². The molecular weight excluding hydrogens is 438 g/mol. The van der Waals surface area contributed by atoms with Crippen LogP contribution < -0.4 is 11.5 Å². The number of halogens is 2. The molecule has 4 atom stereocenters. The summed E-state index contributed by atoms with van der Waals surface area (Å²) in [5, 5.41) is 0. The summed E-state index contributed by atoms with van der Waals surface area (Å²) < 4.78 is 0.0559. The van der Waals surface area contributed by atoms with Crippen LogP contribution in [0.25, 0.3) is 0 Å². The largest absolute Gasteiger partial charge is 0.317 e. The van der Waals surface area contributed by atoms with Crippen molar-refractivity contribution in [3.05, 3.63) is 0 Å². The second kappa shape index (κ2) is 5.79. The minimum Gasteiger partial charge on any atom is -0.317 e. The van der Waals surface area contributed by atoms with Gasteiger partial charge in [0.15, 0.2) is 0 Å². The van der Waals surface area contributed by atoms with Gasteiger partial charge in [0.25, 0.3) is 0 Å². The number of hydrogen-bond donors (Lipinski definition) is 2. The van der Waals surface area contributed by atoms with Crippen LogP contribution in [0, 0.1) is 11.8 Å². The minimum absolute atomic E-state index is 0.0280. The van der Waals surface area contributed by atoms with E-state index in [1.165, 1.54) is 57.8 Å². The van der Waals surface area contributed by atoms with Crippen LogP contribution in [0.1, 0.15) is 57.8 Å². The van der Waals surface area contributed by atoms with Gasteiger partial charge in [-0.2, -0.15) is 0 Å². The van der Waals surface area contributed by atoms with Crippen molar-refractivity contribution < 1.29 is 0 Å². The molecule has 2 rings (SSSR count). The summed E-state index contributed by atoms with van der Waals surface area (Å²) in [5.41, 5.74) is 12.9. The van der Waals surface area contributed by atoms with Crippen LogP contribution in [0.2, 0.25) is 0 Å². The molecule has 2 aliphatic carbocycles. The maximum Gasteiger partial charge on any atom is 0.0709 e. The fourth-order valence-electron chi connectivity index (χ4n) is 3.43. The summed E-state index contributed by atoms with van der Waals surface area (Å²) in [5.74, 6) is 1.36. The third kappa shape index (κ3) is 3.69. The Morgan fingerprint density at radius 2 is 1.24 bits per heavy atom. The van der Waals surface area contributed by atoms with Crippen molar-refractivity contribution in [3.8, 4) is 0 Å². The van der Waals surface area contributed by atoms with Gasteiger partial charge in [-0.1, -0.05) is 70.9 Å². The summed E-state index contributed by atoms with van der Waals surface area (Å²) in [7, 11) is 0. The highest BCUT2D eigenvalue weighted by molar-refractivity contribution is 14.1. The van der Waals surface area contributed by atoms with Crippen LogP contribution in [-0.2, 0) is 0 Å². The Morgan fingerprint density at radius 3 is 1.59 bits per heavy atom. The zero-order valence-corrected chi connectivity index (χ0v) is 14.7. The second-order valence-electron chi connectivity index (χ2n) is 5.97. The van der Waals surface area contributed by atoms with E-state index < -0.39 is 0 Å². The van der Waals surface area contributed by atoms with Gasteiger partial charge in [0, 0.05) is 0 Å². The van der Waals surface area contributed by atoms with E-state index in [0.717, 1.165) is 0 Å². The Balaban J connectivity index is 1.99. The van der Waals surface area contributed by atoms with Gasteiger partial charge in [-0.25, -0.2) is 0 Å². The molecule has 2 nitrogen and oxygen atoms in total. The predicted molar refractivity (Wildman–Crippen MR) is 90.4 cm³/mol. The highest BCUT2D eigenvalue weighted by atomic mass is 127. The molecule has 100 valence electrons. The maximum absolute atomic E-state index is 6.47. The first-order valence-corrected chi connectivity index (χ1v) is 9.03. The highest BCUT2D eigenvalue weighted by Crippen LogP contribution is 2.46. The van der Waals surface area contributed by atoms with Crippen molar-refractivity contribution in [1.29, 1.82) is 0 Å². The molecule has 0 aromatic rings. The van der Waals surface area contributed by atoms with Crippen molar-refractivity contribution >= 4 is 45.2 Å². The highest BCUT2D eigenvalue weighted by Gasteiger charge is 2.41. The number of alkyl halides is 2. The van der Waals surface area contributed by atoms with E-state index in [1.54, 1.807) is 0 Å². The molecule has 4 unspecified atom stereocenters. The van der Waals surface area contributed by atoms with Crippen LogP contribution in [0.4, 0.5) is 0 Å². The quantitative estimate of drug-likeness (QED) is 0.371. The van der Waals surface area contributed by atoms with Crippen molar-refractivity contribution in [2.45, 2.75) is 64.9 Å². The summed E-state index contributed by atoms with van der Waals surface area (Å²) in [6.45, 7) is 0. The van der Waals surface area contributed by atoms with E-state index in [4.69, 9.17) is 11.5 Å². The zero-order valence-electron chi connectivity index (χ0n) is 10.4. The van der Waals surface area contributed by atoms with Crippen LogP contribution >= 0.6 is 45.2 Å². The first-order valence-electron chi connectivity index (χ1n) is 6.87. The van der Waals surface area contributed by atoms with E-state index in [0.29, 0.717) is 11.8 Å². The van der Waals surface area contributed by atoms with Crippen molar-refractivity contribution in [2.24, 2.45) is 23.3 Å². The Hall–Kier alpha value is 1.38. The first-order chi connectivity index (χ1) is 7.92. The van der Waals surface area contributed by atoms with Crippen molar-refractivity contribution in [2.75, 3.05) is 0 Å². The normalized spacial score (nSPS) is 48.0. The molecule has 2 fully saturated rings. The SMILES string of the molecule is NC1(I)CCCCC1CC1CCCCC1(N)I. The number of hydrogen-bond acceptors (Lipinski definition) is 2. The lowest BCUT2D eigenvalue weighted by atomic mass is 9.74. The lowest BCUT2D eigenvalue weighted by molar-refractivity contribution is 0.189. The molecule has 0 spiro atoms. The molecule has 0 aromatic heterocycles. The fraction of sp³-hybridized carbons (Fsp3) is 1.00. The molecule has 2 saturated carbocycles. The Morgan fingerprint density at radius 1 is 0.824 bits per heavy atom. The molecule has 0 aromatic carbocycles. The van der Waals surface area contributed by atoms with Gasteiger partial charge in [-0.05, 0) is 43.9 Å². The van der Waals surface area contributed by atoms with E-state index in [9.17, 15) is 0 Å². The lowest BCUT2D eigenvalue weighted by Crippen LogP contribution is -2.49. The predicted octanol–water partition coefficient (Wildman–Crippen LogP) is 3.94. The fourth-order valence-corrected chi connectivity index (χ4v) is 5.33. The van der Waals surface area contributed by atoms with Crippen LogP contribution in [-0.4, -0.2) is 7.09 Å². The third-order valence-corrected chi connectivity index (χ3v) is 7.49. The maximum atomic E-state index is 6.47. The Bertz CT molecular complexity index is 240. The molecule has 0 heterocycles. The lowest BCUT2D eigenvalue weighted by Gasteiger charge is -2.43. The smallest absolute Gasteiger partial charge is 0.0709 e. The first kappa shape index (κ1) is 14.8. The van der Waals surface area contributed by atoms with Crippen LogP contribution in [0.15, 0.2) is 0 Å². The number of nitrogens with two attached hydrogens (primary N) is 2. The van der Waals surface area contributed by atoms with Crippen LogP contribution in [0.3, 0.4) is 0 Å². The molecule has 4 N–H and O–H groups in total. The third-order valence-electron chi connectivity index (χ3n) is 4.65. The van der Waals surface area contributed by atoms with Crippen molar-refractivity contribution in [3.63, 3.8) is 0 Å². The monoisotopic (exact) mass is 462 g/mol. The second-order valence-corrected chi connectivity index (χ2v) is 9.99. The van der Waals surface area contributed by atoms with Crippen LogP contribution in [0.5, 0.6) is 0 Å². The van der Waals surface area contributed by atoms with Crippen molar-refractivity contribution in [1.82, 2.24) is 0 Å². The molecule has 0 radical (unpaired) electrons. The van der Waals surface area contributed by atoms with Gasteiger partial charge in [-0.15, -0.1) is 0 Å². The van der Waals surface area contributed by atoms with E-state index in [-0.39, 0.29) is 7.09 Å². The van der Waals surface area contributed by atoms with E-state index >= 15 is 0 Å².